The van der Waals surface area contributed by atoms with Crippen LogP contribution in [0.15, 0.2) is 0 Å². The first kappa shape index (κ1) is 29.5. The molecule has 0 aromatic rings. The van der Waals surface area contributed by atoms with Crippen LogP contribution >= 0.6 is 0 Å². The van der Waals surface area contributed by atoms with Gasteiger partial charge in [-0.3, -0.25) is 9.59 Å². The molecule has 0 fully saturated rings. The summed E-state index contributed by atoms with van der Waals surface area (Å²) in [5.74, 6) is -2.20. The van der Waals surface area contributed by atoms with Crippen LogP contribution in [-0.4, -0.2) is 37.9 Å². The van der Waals surface area contributed by atoms with Crippen molar-refractivity contribution in [3.05, 3.63) is 0 Å². The summed E-state index contributed by atoms with van der Waals surface area (Å²) in [5, 5.41) is 0. The van der Waals surface area contributed by atoms with Crippen molar-refractivity contribution in [2.45, 2.75) is 51.4 Å². The average Bonchev–Trinajstić information content (AvgIpc) is 2.27. The summed E-state index contributed by atoms with van der Waals surface area (Å²) in [6.07, 6.45) is 2.89. The average molecular weight is 406 g/mol. The van der Waals surface area contributed by atoms with Crippen molar-refractivity contribution >= 4 is 32.7 Å². The zero-order chi connectivity index (χ0) is 17.2. The Morgan fingerprint density at radius 1 is 0.625 bits per heavy atom. The van der Waals surface area contributed by atoms with E-state index < -0.39 is 32.7 Å². The van der Waals surface area contributed by atoms with Crippen LogP contribution in [0.5, 0.6) is 0 Å². The topological polar surface area (TPSA) is 167 Å². The molecule has 0 radical (unpaired) electrons. The van der Waals surface area contributed by atoms with Crippen LogP contribution in [0.1, 0.15) is 51.4 Å². The fraction of sp³-hybridized carbons (Fsp3) is 0.800. The first-order chi connectivity index (χ1) is 9.99. The molecule has 10 nitrogen and oxygen atoms in total. The third-order valence-electron chi connectivity index (χ3n) is 2.40. The molecule has 0 spiro atoms. The van der Waals surface area contributed by atoms with Gasteiger partial charge in [0.1, 0.15) is 0 Å². The van der Waals surface area contributed by atoms with Gasteiger partial charge < -0.3 is 17.5 Å². The molecule has 130 valence electrons. The van der Waals surface area contributed by atoms with E-state index in [1.54, 1.807) is 0 Å². The molecule has 0 aliphatic carbocycles. The van der Waals surface area contributed by atoms with Crippen molar-refractivity contribution in [1.82, 2.24) is 0 Å². The number of carbonyl (C=O) groups is 2. The second-order valence-corrected chi connectivity index (χ2v) is 6.31. The van der Waals surface area contributed by atoms with Crippen molar-refractivity contribution in [3.63, 3.8) is 0 Å². The molecule has 24 heavy (non-hydrogen) atoms. The quantitative estimate of drug-likeness (QED) is 0.139. The molecule has 0 unspecified atom stereocenters. The van der Waals surface area contributed by atoms with Crippen LogP contribution in [0.25, 0.3) is 0 Å². The molecule has 0 N–H and O–H groups in total. The fourth-order valence-corrected chi connectivity index (χ4v) is 2.18. The van der Waals surface area contributed by atoms with Gasteiger partial charge in [0, 0.05) is 12.8 Å². The summed E-state index contributed by atoms with van der Waals surface area (Å²) in [4.78, 5) is 21.7. The predicted molar refractivity (Wildman–Crippen MR) is 68.5 cm³/mol. The van der Waals surface area contributed by atoms with Crippen LogP contribution in [0, 0.1) is 0 Å². The minimum Gasteiger partial charge on any atom is -0.716 e. The van der Waals surface area contributed by atoms with E-state index in [-0.39, 0.29) is 72.0 Å². The van der Waals surface area contributed by atoms with Crippen LogP contribution in [0.2, 0.25) is 0 Å². The smallest absolute Gasteiger partial charge is 0.716 e. The van der Waals surface area contributed by atoms with Gasteiger partial charge in [-0.25, -0.2) is 16.8 Å². The van der Waals surface area contributed by atoms with Gasteiger partial charge in [-0.05, 0) is 12.8 Å². The third kappa shape index (κ3) is 22.8. The molecule has 0 bridgehead atoms. The Morgan fingerprint density at radius 2 is 0.875 bits per heavy atom. The molecule has 0 saturated heterocycles. The van der Waals surface area contributed by atoms with Crippen LogP contribution in [0.4, 0.5) is 0 Å². The standard InChI is InChI=1S/C10H18O10S2.2Na/c11-9(19-21(13,14)15)7-5-3-1-2-4-6-8-10(12)20-22(16,17)18;;/h1-8H2,(H,13,14,15)(H,16,17,18);;/q;2*+1/p-2. The maximum atomic E-state index is 10.9. The SMILES string of the molecule is O=C(CCCCCCCCC(=O)OS(=O)(=O)[O-])OS(=O)(=O)[O-].[Na+].[Na+]. The second kappa shape index (κ2) is 14.9. The van der Waals surface area contributed by atoms with Crippen molar-refractivity contribution in [2.75, 3.05) is 0 Å². The van der Waals surface area contributed by atoms with E-state index >= 15 is 0 Å². The van der Waals surface area contributed by atoms with E-state index in [1.165, 1.54) is 0 Å². The monoisotopic (exact) mass is 406 g/mol. The Balaban J connectivity index is -0.00000220. The summed E-state index contributed by atoms with van der Waals surface area (Å²) in [5.41, 5.74) is 0. The molecular formula is C10H16Na2O10S2. The van der Waals surface area contributed by atoms with Crippen LogP contribution in [-0.2, 0) is 38.8 Å². The largest absolute Gasteiger partial charge is 1.00 e. The number of rotatable bonds is 11. The van der Waals surface area contributed by atoms with Gasteiger partial charge in [0.05, 0.1) is 0 Å². The minimum absolute atomic E-state index is 0. The first-order valence-corrected chi connectivity index (χ1v) is 9.02. The summed E-state index contributed by atoms with van der Waals surface area (Å²) in [6, 6.07) is 0. The molecule has 14 heteroatoms. The number of carbonyl (C=O) groups excluding carboxylic acids is 2. The molecule has 0 rings (SSSR count). The van der Waals surface area contributed by atoms with Gasteiger partial charge in [0.2, 0.25) is 0 Å². The van der Waals surface area contributed by atoms with E-state index in [0.717, 1.165) is 0 Å². The van der Waals surface area contributed by atoms with Gasteiger partial charge >= 0.3 is 71.1 Å². The van der Waals surface area contributed by atoms with Crippen LogP contribution in [0.3, 0.4) is 0 Å². The van der Waals surface area contributed by atoms with Crippen molar-refractivity contribution in [2.24, 2.45) is 0 Å². The third-order valence-corrected chi connectivity index (χ3v) is 3.18. The van der Waals surface area contributed by atoms with Gasteiger partial charge in [-0.2, -0.15) is 0 Å². The number of hydrogen-bond acceptors (Lipinski definition) is 10. The normalized spacial score (nSPS) is 10.9. The zero-order valence-corrected chi connectivity index (χ0v) is 19.2. The molecule has 0 heterocycles. The first-order valence-electron chi connectivity index (χ1n) is 6.36. The Morgan fingerprint density at radius 3 is 1.12 bits per heavy atom. The van der Waals surface area contributed by atoms with E-state index in [4.69, 9.17) is 0 Å². The number of unbranched alkanes of at least 4 members (excludes halogenated alkanes) is 5. The molecule has 0 atom stereocenters. The van der Waals surface area contributed by atoms with Crippen molar-refractivity contribution < 1.29 is 103 Å². The zero-order valence-electron chi connectivity index (χ0n) is 13.6. The van der Waals surface area contributed by atoms with Crippen LogP contribution < -0.4 is 59.1 Å². The summed E-state index contributed by atoms with van der Waals surface area (Å²) < 4.78 is 67.8. The predicted octanol–water partition coefficient (Wildman–Crippen LogP) is -5.88. The molecule has 0 aliphatic heterocycles. The van der Waals surface area contributed by atoms with Gasteiger partial charge in [0.15, 0.2) is 0 Å². The van der Waals surface area contributed by atoms with E-state index in [2.05, 4.69) is 8.37 Å². The Hall–Kier alpha value is 0.760. The minimum atomic E-state index is -5.01. The maximum Gasteiger partial charge on any atom is 1.00 e. The second-order valence-electron chi connectivity index (χ2n) is 4.35. The Kier molecular flexibility index (Phi) is 18.3. The van der Waals surface area contributed by atoms with E-state index in [1.807, 2.05) is 0 Å². The Bertz CT molecular complexity index is 520. The van der Waals surface area contributed by atoms with Gasteiger partial charge in [-0.1, -0.05) is 25.7 Å². The van der Waals surface area contributed by atoms with Gasteiger partial charge in [-0.15, -0.1) is 0 Å². The summed E-state index contributed by atoms with van der Waals surface area (Å²) in [6.45, 7) is 0. The van der Waals surface area contributed by atoms with E-state index in [0.29, 0.717) is 38.5 Å². The molecule has 0 amide bonds. The summed E-state index contributed by atoms with van der Waals surface area (Å²) in [7, 11) is -10.0. The molecular weight excluding hydrogens is 390 g/mol. The van der Waals surface area contributed by atoms with Gasteiger partial charge in [0.25, 0.3) is 20.8 Å². The van der Waals surface area contributed by atoms with Crippen molar-refractivity contribution in [1.29, 1.82) is 0 Å². The molecule has 0 saturated carbocycles. The Labute approximate surface area is 185 Å². The summed E-state index contributed by atoms with van der Waals surface area (Å²) >= 11 is 0. The van der Waals surface area contributed by atoms with E-state index in [9.17, 15) is 35.5 Å². The number of hydrogen-bond donors (Lipinski definition) is 0. The molecule has 0 aromatic carbocycles. The molecule has 0 aromatic heterocycles. The molecule has 0 aliphatic rings. The fourth-order valence-electron chi connectivity index (χ4n) is 1.56. The maximum absolute atomic E-state index is 10.9. The van der Waals surface area contributed by atoms with Crippen molar-refractivity contribution in [3.8, 4) is 0 Å².